The van der Waals surface area contributed by atoms with Crippen LogP contribution in [0.15, 0.2) is 53.0 Å². The molecular weight excluding hydrogens is 396 g/mol. The number of esters is 2. The van der Waals surface area contributed by atoms with E-state index in [0.717, 1.165) is 15.6 Å². The van der Waals surface area contributed by atoms with E-state index < -0.39 is 23.8 Å². The van der Waals surface area contributed by atoms with Gasteiger partial charge >= 0.3 is 11.9 Å². The summed E-state index contributed by atoms with van der Waals surface area (Å²) in [5.74, 6) is -2.43. The third kappa shape index (κ3) is 4.94. The molecule has 0 amide bonds. The molecule has 0 fully saturated rings. The molecular formula is C21H23BrO4. The predicted octanol–water partition coefficient (Wildman–Crippen LogP) is 4.75. The standard InChI is InChI=1S/C21H23BrO4/c1-4-25-20(23)18(15-9-6-8-14(3)12-15)19(21(24)26-5-2)16-10-7-11-17(22)13-16/h6-13,18-19H,4-5H2,1-3H3. The summed E-state index contributed by atoms with van der Waals surface area (Å²) in [6.07, 6.45) is 0. The van der Waals surface area contributed by atoms with Crippen LogP contribution < -0.4 is 0 Å². The Morgan fingerprint density at radius 3 is 1.85 bits per heavy atom. The molecule has 0 bridgehead atoms. The second-order valence-electron chi connectivity index (χ2n) is 5.93. The molecule has 2 unspecified atom stereocenters. The average Bonchev–Trinajstić information content (AvgIpc) is 2.59. The van der Waals surface area contributed by atoms with Gasteiger partial charge in [-0.3, -0.25) is 9.59 Å². The fourth-order valence-corrected chi connectivity index (χ4v) is 3.37. The number of hydrogen-bond donors (Lipinski definition) is 0. The molecule has 4 nitrogen and oxygen atoms in total. The smallest absolute Gasteiger partial charge is 0.314 e. The van der Waals surface area contributed by atoms with Crippen molar-refractivity contribution in [3.05, 3.63) is 69.7 Å². The highest BCUT2D eigenvalue weighted by atomic mass is 79.9. The molecule has 2 atom stereocenters. The Bertz CT molecular complexity index is 707. The van der Waals surface area contributed by atoms with E-state index in [1.54, 1.807) is 13.8 Å². The highest BCUT2D eigenvalue weighted by Gasteiger charge is 2.38. The first kappa shape index (κ1) is 20.2. The number of aryl methyl sites for hydroxylation is 1. The van der Waals surface area contributed by atoms with E-state index in [2.05, 4.69) is 15.9 Å². The Hall–Kier alpha value is -2.14. The minimum atomic E-state index is -0.784. The highest BCUT2D eigenvalue weighted by Crippen LogP contribution is 2.36. The largest absolute Gasteiger partial charge is 0.465 e. The summed E-state index contributed by atoms with van der Waals surface area (Å²) in [7, 11) is 0. The molecule has 2 aromatic rings. The van der Waals surface area contributed by atoms with Crippen molar-refractivity contribution in [2.75, 3.05) is 13.2 Å². The van der Waals surface area contributed by atoms with Crippen molar-refractivity contribution < 1.29 is 19.1 Å². The van der Waals surface area contributed by atoms with Gasteiger partial charge in [-0.2, -0.15) is 0 Å². The predicted molar refractivity (Wildman–Crippen MR) is 104 cm³/mol. The molecule has 0 spiro atoms. The van der Waals surface area contributed by atoms with Crippen LogP contribution in [-0.2, 0) is 19.1 Å². The number of ether oxygens (including phenoxy) is 2. The number of benzene rings is 2. The maximum atomic E-state index is 12.8. The van der Waals surface area contributed by atoms with Crippen LogP contribution >= 0.6 is 15.9 Å². The van der Waals surface area contributed by atoms with Gasteiger partial charge < -0.3 is 9.47 Å². The van der Waals surface area contributed by atoms with Crippen molar-refractivity contribution in [1.82, 2.24) is 0 Å². The van der Waals surface area contributed by atoms with Crippen molar-refractivity contribution in [3.8, 4) is 0 Å². The SMILES string of the molecule is CCOC(=O)C(c1cccc(C)c1)C(C(=O)OCC)c1cccc(Br)c1. The monoisotopic (exact) mass is 418 g/mol. The molecule has 0 aliphatic heterocycles. The topological polar surface area (TPSA) is 52.6 Å². The summed E-state index contributed by atoms with van der Waals surface area (Å²) in [6, 6.07) is 15.0. The maximum Gasteiger partial charge on any atom is 0.314 e. The molecule has 0 aliphatic carbocycles. The fraction of sp³-hybridized carbons (Fsp3) is 0.333. The Morgan fingerprint density at radius 1 is 0.885 bits per heavy atom. The summed E-state index contributed by atoms with van der Waals surface area (Å²) >= 11 is 3.44. The van der Waals surface area contributed by atoms with Crippen LogP contribution in [0.1, 0.15) is 42.4 Å². The maximum absolute atomic E-state index is 12.8. The highest BCUT2D eigenvalue weighted by molar-refractivity contribution is 9.10. The van der Waals surface area contributed by atoms with Crippen molar-refractivity contribution >= 4 is 27.9 Å². The Kier molecular flexibility index (Phi) is 7.39. The third-order valence-electron chi connectivity index (χ3n) is 4.02. The number of hydrogen-bond acceptors (Lipinski definition) is 4. The van der Waals surface area contributed by atoms with E-state index in [1.807, 2.05) is 55.5 Å². The molecule has 26 heavy (non-hydrogen) atoms. The molecule has 0 N–H and O–H groups in total. The zero-order valence-electron chi connectivity index (χ0n) is 15.2. The zero-order valence-corrected chi connectivity index (χ0v) is 16.8. The number of carbonyl (C=O) groups excluding carboxylic acids is 2. The Morgan fingerprint density at radius 2 is 1.38 bits per heavy atom. The van der Waals surface area contributed by atoms with Gasteiger partial charge in [-0.05, 0) is 44.0 Å². The molecule has 0 saturated carbocycles. The number of rotatable bonds is 7. The van der Waals surface area contributed by atoms with E-state index >= 15 is 0 Å². The van der Waals surface area contributed by atoms with E-state index in [9.17, 15) is 9.59 Å². The lowest BCUT2D eigenvalue weighted by molar-refractivity contribution is -0.153. The van der Waals surface area contributed by atoms with Crippen LogP contribution in [0.2, 0.25) is 0 Å². The van der Waals surface area contributed by atoms with E-state index in [0.29, 0.717) is 5.56 Å². The van der Waals surface area contributed by atoms with E-state index in [4.69, 9.17) is 9.47 Å². The van der Waals surface area contributed by atoms with Crippen LogP contribution in [0.4, 0.5) is 0 Å². The van der Waals surface area contributed by atoms with Crippen molar-refractivity contribution in [2.45, 2.75) is 32.6 Å². The average molecular weight is 419 g/mol. The van der Waals surface area contributed by atoms with Gasteiger partial charge in [0.15, 0.2) is 0 Å². The van der Waals surface area contributed by atoms with Gasteiger partial charge in [0.2, 0.25) is 0 Å². The second-order valence-corrected chi connectivity index (χ2v) is 6.84. The summed E-state index contributed by atoms with van der Waals surface area (Å²) in [5.41, 5.74) is 2.45. The summed E-state index contributed by atoms with van der Waals surface area (Å²) in [4.78, 5) is 25.6. The lowest BCUT2D eigenvalue weighted by atomic mass is 9.81. The minimum Gasteiger partial charge on any atom is -0.465 e. The summed E-state index contributed by atoms with van der Waals surface area (Å²) < 4.78 is 11.4. The zero-order chi connectivity index (χ0) is 19.1. The Balaban J connectivity index is 2.60. The van der Waals surface area contributed by atoms with Gasteiger partial charge in [-0.25, -0.2) is 0 Å². The molecule has 0 aromatic heterocycles. The van der Waals surface area contributed by atoms with Crippen LogP contribution in [0, 0.1) is 6.92 Å². The molecule has 0 aliphatic rings. The molecule has 138 valence electrons. The fourth-order valence-electron chi connectivity index (χ4n) is 2.96. The quantitative estimate of drug-likeness (QED) is 0.608. The number of carbonyl (C=O) groups is 2. The molecule has 0 heterocycles. The summed E-state index contributed by atoms with van der Waals surface area (Å²) in [6.45, 7) is 5.94. The first-order chi connectivity index (χ1) is 12.5. The van der Waals surface area contributed by atoms with Gasteiger partial charge in [-0.15, -0.1) is 0 Å². The molecule has 0 radical (unpaired) electrons. The molecule has 2 rings (SSSR count). The van der Waals surface area contributed by atoms with Gasteiger partial charge in [0, 0.05) is 4.47 Å². The van der Waals surface area contributed by atoms with Crippen LogP contribution in [0.3, 0.4) is 0 Å². The third-order valence-corrected chi connectivity index (χ3v) is 4.52. The molecule has 2 aromatic carbocycles. The van der Waals surface area contributed by atoms with Crippen LogP contribution in [-0.4, -0.2) is 25.2 Å². The minimum absolute atomic E-state index is 0.243. The van der Waals surface area contributed by atoms with E-state index in [1.165, 1.54) is 0 Å². The first-order valence-electron chi connectivity index (χ1n) is 8.63. The van der Waals surface area contributed by atoms with Gasteiger partial charge in [-0.1, -0.05) is 57.9 Å². The molecule has 5 heteroatoms. The lowest BCUT2D eigenvalue weighted by Crippen LogP contribution is -2.29. The lowest BCUT2D eigenvalue weighted by Gasteiger charge is -2.25. The normalized spacial score (nSPS) is 12.9. The van der Waals surface area contributed by atoms with Gasteiger partial charge in [0.05, 0.1) is 25.0 Å². The van der Waals surface area contributed by atoms with Crippen molar-refractivity contribution in [2.24, 2.45) is 0 Å². The molecule has 0 saturated heterocycles. The van der Waals surface area contributed by atoms with Crippen molar-refractivity contribution in [3.63, 3.8) is 0 Å². The second kappa shape index (κ2) is 9.53. The van der Waals surface area contributed by atoms with Crippen LogP contribution in [0.5, 0.6) is 0 Å². The van der Waals surface area contributed by atoms with Crippen molar-refractivity contribution in [1.29, 1.82) is 0 Å². The first-order valence-corrected chi connectivity index (χ1v) is 9.42. The van der Waals surface area contributed by atoms with E-state index in [-0.39, 0.29) is 13.2 Å². The van der Waals surface area contributed by atoms with Crippen LogP contribution in [0.25, 0.3) is 0 Å². The van der Waals surface area contributed by atoms with Gasteiger partial charge in [0.25, 0.3) is 0 Å². The Labute approximate surface area is 162 Å². The van der Waals surface area contributed by atoms with Gasteiger partial charge in [0.1, 0.15) is 0 Å². The number of halogens is 1. The summed E-state index contributed by atoms with van der Waals surface area (Å²) in [5, 5.41) is 0.